The second-order valence-corrected chi connectivity index (χ2v) is 5.64. The second kappa shape index (κ2) is 6.66. The number of aliphatic hydroxyl groups excluding tert-OH is 1. The van der Waals surface area contributed by atoms with Gasteiger partial charge in [-0.15, -0.1) is 0 Å². The number of hydrogen-bond acceptors (Lipinski definition) is 3. The van der Waals surface area contributed by atoms with Crippen LogP contribution in [0.25, 0.3) is 0 Å². The quantitative estimate of drug-likeness (QED) is 0.878. The zero-order valence-electron chi connectivity index (χ0n) is 10.7. The molecule has 1 saturated heterocycles. The molecule has 0 spiro atoms. The number of hydrogen-bond donors (Lipinski definition) is 2. The van der Waals surface area contributed by atoms with Gasteiger partial charge in [0, 0.05) is 17.6 Å². The summed E-state index contributed by atoms with van der Waals surface area (Å²) in [5.41, 5.74) is 2.31. The van der Waals surface area contributed by atoms with Crippen LogP contribution in [0.1, 0.15) is 30.0 Å². The molecule has 1 aromatic rings. The number of aryl methyl sites for hydroxylation is 1. The van der Waals surface area contributed by atoms with Crippen molar-refractivity contribution in [2.45, 2.75) is 31.9 Å². The lowest BCUT2D eigenvalue weighted by atomic mass is 10.1. The molecule has 1 aromatic carbocycles. The first-order valence-corrected chi connectivity index (χ1v) is 7.22. The molecule has 0 aliphatic carbocycles. The molecule has 1 aliphatic heterocycles. The summed E-state index contributed by atoms with van der Waals surface area (Å²) in [5.74, 6) is 0. The summed E-state index contributed by atoms with van der Waals surface area (Å²) in [6, 6.07) is 6.17. The van der Waals surface area contributed by atoms with E-state index in [-0.39, 0.29) is 12.6 Å². The first-order valence-electron chi connectivity index (χ1n) is 6.42. The smallest absolute Gasteiger partial charge is 0.0700 e. The standard InChI is InChI=1S/C14H20BrNO2/c1-10-4-5-11(7-13(10)15)14(9-17)16-8-12-3-2-6-18-12/h4-5,7,12,14,16-17H,2-3,6,8-9H2,1H3. The third-order valence-electron chi connectivity index (χ3n) is 3.40. The minimum absolute atomic E-state index is 0.0221. The van der Waals surface area contributed by atoms with Gasteiger partial charge < -0.3 is 15.2 Å². The molecule has 1 fully saturated rings. The van der Waals surface area contributed by atoms with Gasteiger partial charge in [0.2, 0.25) is 0 Å². The van der Waals surface area contributed by atoms with Crippen molar-refractivity contribution in [1.82, 2.24) is 5.32 Å². The third kappa shape index (κ3) is 3.54. The Morgan fingerprint density at radius 3 is 3.00 bits per heavy atom. The first-order chi connectivity index (χ1) is 8.70. The van der Waals surface area contributed by atoms with Crippen LogP contribution in [0.3, 0.4) is 0 Å². The van der Waals surface area contributed by atoms with Crippen molar-refractivity contribution in [2.24, 2.45) is 0 Å². The van der Waals surface area contributed by atoms with Gasteiger partial charge in [0.25, 0.3) is 0 Å². The predicted molar refractivity (Wildman–Crippen MR) is 75.7 cm³/mol. The fourth-order valence-electron chi connectivity index (χ4n) is 2.19. The molecular formula is C14H20BrNO2. The molecular weight excluding hydrogens is 294 g/mol. The average Bonchev–Trinajstić information content (AvgIpc) is 2.87. The van der Waals surface area contributed by atoms with E-state index in [1.807, 2.05) is 0 Å². The molecule has 3 nitrogen and oxygen atoms in total. The van der Waals surface area contributed by atoms with Gasteiger partial charge in [0.15, 0.2) is 0 Å². The lowest BCUT2D eigenvalue weighted by Crippen LogP contribution is -2.31. The van der Waals surface area contributed by atoms with E-state index in [1.54, 1.807) is 0 Å². The van der Waals surface area contributed by atoms with E-state index in [2.05, 4.69) is 46.4 Å². The topological polar surface area (TPSA) is 41.5 Å². The van der Waals surface area contributed by atoms with Crippen molar-refractivity contribution in [3.63, 3.8) is 0 Å². The molecule has 0 amide bonds. The lowest BCUT2D eigenvalue weighted by Gasteiger charge is -2.19. The Bertz CT molecular complexity index is 391. The van der Waals surface area contributed by atoms with E-state index in [4.69, 9.17) is 4.74 Å². The molecule has 0 aromatic heterocycles. The summed E-state index contributed by atoms with van der Waals surface area (Å²) in [4.78, 5) is 0. The fraction of sp³-hybridized carbons (Fsp3) is 0.571. The molecule has 2 rings (SSSR count). The van der Waals surface area contributed by atoms with Gasteiger partial charge in [0.1, 0.15) is 0 Å². The van der Waals surface area contributed by atoms with Crippen LogP contribution in [0.15, 0.2) is 22.7 Å². The molecule has 0 saturated carbocycles. The summed E-state index contributed by atoms with van der Waals surface area (Å²) in [6.45, 7) is 3.83. The minimum atomic E-state index is -0.0221. The van der Waals surface area contributed by atoms with Crippen LogP contribution in [0.5, 0.6) is 0 Å². The lowest BCUT2D eigenvalue weighted by molar-refractivity contribution is 0.104. The van der Waals surface area contributed by atoms with Crippen molar-refractivity contribution in [3.8, 4) is 0 Å². The van der Waals surface area contributed by atoms with Crippen molar-refractivity contribution < 1.29 is 9.84 Å². The van der Waals surface area contributed by atoms with E-state index < -0.39 is 0 Å². The van der Waals surface area contributed by atoms with Crippen molar-refractivity contribution in [3.05, 3.63) is 33.8 Å². The number of ether oxygens (including phenoxy) is 1. The monoisotopic (exact) mass is 313 g/mol. The Morgan fingerprint density at radius 1 is 1.56 bits per heavy atom. The molecule has 2 N–H and O–H groups in total. The number of rotatable bonds is 5. The summed E-state index contributed by atoms with van der Waals surface area (Å²) in [7, 11) is 0. The van der Waals surface area contributed by atoms with Crippen LogP contribution < -0.4 is 5.32 Å². The van der Waals surface area contributed by atoms with E-state index in [0.717, 1.165) is 36.0 Å². The zero-order valence-corrected chi connectivity index (χ0v) is 12.2. The highest BCUT2D eigenvalue weighted by atomic mass is 79.9. The molecule has 1 heterocycles. The van der Waals surface area contributed by atoms with E-state index in [9.17, 15) is 5.11 Å². The summed E-state index contributed by atoms with van der Waals surface area (Å²) in [6.07, 6.45) is 2.56. The largest absolute Gasteiger partial charge is 0.394 e. The molecule has 2 unspecified atom stereocenters. The summed E-state index contributed by atoms with van der Waals surface area (Å²) < 4.78 is 6.65. The molecule has 0 bridgehead atoms. The van der Waals surface area contributed by atoms with Gasteiger partial charge in [-0.1, -0.05) is 28.1 Å². The maximum atomic E-state index is 9.49. The zero-order chi connectivity index (χ0) is 13.0. The van der Waals surface area contributed by atoms with Gasteiger partial charge >= 0.3 is 0 Å². The highest BCUT2D eigenvalue weighted by molar-refractivity contribution is 9.10. The Hall–Kier alpha value is -0.420. The molecule has 18 heavy (non-hydrogen) atoms. The molecule has 4 heteroatoms. The fourth-order valence-corrected chi connectivity index (χ4v) is 2.59. The Morgan fingerprint density at radius 2 is 2.39 bits per heavy atom. The number of nitrogens with one attached hydrogen (secondary N) is 1. The van der Waals surface area contributed by atoms with Crippen LogP contribution in [0, 0.1) is 6.92 Å². The van der Waals surface area contributed by atoms with E-state index in [0.29, 0.717) is 6.10 Å². The van der Waals surface area contributed by atoms with Crippen LogP contribution >= 0.6 is 15.9 Å². The normalized spacial score (nSPS) is 21.2. The predicted octanol–water partition coefficient (Wildman–Crippen LogP) is 2.56. The van der Waals surface area contributed by atoms with Crippen LogP contribution in [-0.4, -0.2) is 31.0 Å². The van der Waals surface area contributed by atoms with Gasteiger partial charge in [-0.25, -0.2) is 0 Å². The van der Waals surface area contributed by atoms with Crippen LogP contribution in [0.2, 0.25) is 0 Å². The third-order valence-corrected chi connectivity index (χ3v) is 4.25. The highest BCUT2D eigenvalue weighted by Crippen LogP contribution is 2.22. The summed E-state index contributed by atoms with van der Waals surface area (Å²) in [5, 5.41) is 12.9. The van der Waals surface area contributed by atoms with Crippen molar-refractivity contribution in [2.75, 3.05) is 19.8 Å². The Balaban J connectivity index is 1.96. The Kier molecular flexibility index (Phi) is 5.18. The van der Waals surface area contributed by atoms with E-state index in [1.165, 1.54) is 5.56 Å². The van der Waals surface area contributed by atoms with E-state index >= 15 is 0 Å². The maximum Gasteiger partial charge on any atom is 0.0700 e. The molecule has 100 valence electrons. The van der Waals surface area contributed by atoms with Gasteiger partial charge in [-0.3, -0.25) is 0 Å². The molecule has 0 radical (unpaired) electrons. The van der Waals surface area contributed by atoms with Crippen molar-refractivity contribution in [1.29, 1.82) is 0 Å². The van der Waals surface area contributed by atoms with Crippen molar-refractivity contribution >= 4 is 15.9 Å². The second-order valence-electron chi connectivity index (χ2n) is 4.79. The highest BCUT2D eigenvalue weighted by Gasteiger charge is 2.18. The SMILES string of the molecule is Cc1ccc(C(CO)NCC2CCCO2)cc1Br. The first kappa shape index (κ1) is 14.0. The maximum absolute atomic E-state index is 9.49. The van der Waals surface area contributed by atoms with Gasteiger partial charge in [-0.2, -0.15) is 0 Å². The van der Waals surface area contributed by atoms with Crippen LogP contribution in [-0.2, 0) is 4.74 Å². The number of halogens is 1. The molecule has 1 aliphatic rings. The van der Waals surface area contributed by atoms with Crippen LogP contribution in [0.4, 0.5) is 0 Å². The minimum Gasteiger partial charge on any atom is -0.394 e. The summed E-state index contributed by atoms with van der Waals surface area (Å²) >= 11 is 3.53. The van der Waals surface area contributed by atoms with Gasteiger partial charge in [-0.05, 0) is 37.0 Å². The number of aliphatic hydroxyl groups is 1. The number of benzene rings is 1. The van der Waals surface area contributed by atoms with Gasteiger partial charge in [0.05, 0.1) is 18.8 Å². The average molecular weight is 314 g/mol. The Labute approximate surface area is 117 Å². The molecule has 2 atom stereocenters.